The molecular formula is C27H32. The molecule has 2 aliphatic carbocycles. The minimum Gasteiger partial charge on any atom is -0.0651 e. The fraction of sp³-hybridized carbons (Fsp3) is 0.407. The number of fused-ring (bicyclic) bond motifs is 2. The van der Waals surface area contributed by atoms with Crippen molar-refractivity contribution in [2.45, 2.75) is 66.2 Å². The highest BCUT2D eigenvalue weighted by Gasteiger charge is 2.39. The molecule has 0 N–H and O–H groups in total. The fourth-order valence-electron chi connectivity index (χ4n) is 5.57. The maximum Gasteiger partial charge on any atom is 0.0157 e. The molecule has 2 aliphatic rings. The van der Waals surface area contributed by atoms with Crippen LogP contribution in [0.4, 0.5) is 0 Å². The summed E-state index contributed by atoms with van der Waals surface area (Å²) in [6, 6.07) is 18.2. The predicted octanol–water partition coefficient (Wildman–Crippen LogP) is 7.63. The summed E-state index contributed by atoms with van der Waals surface area (Å²) in [5, 5.41) is 0. The van der Waals surface area contributed by atoms with Gasteiger partial charge in [0.15, 0.2) is 0 Å². The van der Waals surface area contributed by atoms with Gasteiger partial charge in [0.05, 0.1) is 0 Å². The zero-order valence-electron chi connectivity index (χ0n) is 17.4. The summed E-state index contributed by atoms with van der Waals surface area (Å²) in [5.41, 5.74) is 12.6. The van der Waals surface area contributed by atoms with E-state index in [1.54, 1.807) is 22.3 Å². The molecule has 0 radical (unpaired) electrons. The van der Waals surface area contributed by atoms with E-state index in [-0.39, 0.29) is 5.41 Å². The second kappa shape index (κ2) is 7.15. The van der Waals surface area contributed by atoms with E-state index in [0.717, 1.165) is 12.8 Å². The van der Waals surface area contributed by atoms with Gasteiger partial charge >= 0.3 is 0 Å². The van der Waals surface area contributed by atoms with Gasteiger partial charge in [-0.05, 0) is 59.1 Å². The summed E-state index contributed by atoms with van der Waals surface area (Å²) in [7, 11) is 0. The SMILES string of the molecule is CCCC1=C(C(C)(C)C2=C(CCC)Cc3ccccc32)c2ccccc2C1. The Morgan fingerprint density at radius 3 is 1.48 bits per heavy atom. The molecule has 140 valence electrons. The molecule has 0 spiro atoms. The fourth-order valence-corrected chi connectivity index (χ4v) is 5.57. The van der Waals surface area contributed by atoms with Crippen LogP contribution in [0.25, 0.3) is 11.1 Å². The van der Waals surface area contributed by atoms with Crippen LogP contribution in [-0.4, -0.2) is 0 Å². The van der Waals surface area contributed by atoms with Crippen molar-refractivity contribution < 1.29 is 0 Å². The van der Waals surface area contributed by atoms with Gasteiger partial charge < -0.3 is 0 Å². The van der Waals surface area contributed by atoms with E-state index in [2.05, 4.69) is 76.2 Å². The highest BCUT2D eigenvalue weighted by atomic mass is 14.4. The van der Waals surface area contributed by atoms with Crippen LogP contribution in [0.3, 0.4) is 0 Å². The summed E-state index contributed by atoms with van der Waals surface area (Å²) >= 11 is 0. The Balaban J connectivity index is 1.91. The van der Waals surface area contributed by atoms with Crippen molar-refractivity contribution in [2.24, 2.45) is 5.41 Å². The molecule has 0 aromatic heterocycles. The zero-order valence-corrected chi connectivity index (χ0v) is 17.4. The largest absolute Gasteiger partial charge is 0.0651 e. The molecule has 0 unspecified atom stereocenters. The molecule has 0 fully saturated rings. The lowest BCUT2D eigenvalue weighted by atomic mass is 9.70. The number of allylic oxidation sites excluding steroid dienone is 4. The summed E-state index contributed by atoms with van der Waals surface area (Å²) in [4.78, 5) is 0. The predicted molar refractivity (Wildman–Crippen MR) is 118 cm³/mol. The number of hydrogen-bond donors (Lipinski definition) is 0. The molecule has 0 amide bonds. The van der Waals surface area contributed by atoms with Crippen molar-refractivity contribution in [2.75, 3.05) is 0 Å². The summed E-state index contributed by atoms with van der Waals surface area (Å²) in [6.45, 7) is 9.58. The Kier molecular flexibility index (Phi) is 4.84. The van der Waals surface area contributed by atoms with Gasteiger partial charge in [-0.1, -0.05) is 100 Å². The third kappa shape index (κ3) is 3.00. The molecule has 0 saturated carbocycles. The average Bonchev–Trinajstić information content (AvgIpc) is 3.20. The molecule has 0 atom stereocenters. The van der Waals surface area contributed by atoms with E-state index in [1.165, 1.54) is 47.9 Å². The summed E-state index contributed by atoms with van der Waals surface area (Å²) < 4.78 is 0. The third-order valence-electron chi connectivity index (χ3n) is 6.44. The van der Waals surface area contributed by atoms with E-state index < -0.39 is 0 Å². The van der Waals surface area contributed by atoms with E-state index in [1.807, 2.05) is 0 Å². The number of hydrogen-bond acceptors (Lipinski definition) is 0. The van der Waals surface area contributed by atoms with Gasteiger partial charge in [0, 0.05) is 5.41 Å². The number of rotatable bonds is 6. The highest BCUT2D eigenvalue weighted by molar-refractivity contribution is 5.93. The second-order valence-electron chi connectivity index (χ2n) is 8.75. The van der Waals surface area contributed by atoms with Crippen molar-refractivity contribution in [3.05, 3.63) is 81.9 Å². The Labute approximate surface area is 165 Å². The van der Waals surface area contributed by atoms with Crippen molar-refractivity contribution >= 4 is 11.1 Å². The van der Waals surface area contributed by atoms with Gasteiger partial charge in [-0.15, -0.1) is 0 Å². The van der Waals surface area contributed by atoms with E-state index in [4.69, 9.17) is 0 Å². The Hall–Kier alpha value is -2.08. The highest BCUT2D eigenvalue weighted by Crippen LogP contribution is 2.55. The van der Waals surface area contributed by atoms with Crippen LogP contribution in [0.5, 0.6) is 0 Å². The first-order chi connectivity index (χ1) is 13.1. The molecule has 0 bridgehead atoms. The van der Waals surface area contributed by atoms with Gasteiger partial charge in [0.25, 0.3) is 0 Å². The third-order valence-corrected chi connectivity index (χ3v) is 6.44. The first-order valence-electron chi connectivity index (χ1n) is 10.7. The van der Waals surface area contributed by atoms with E-state index in [9.17, 15) is 0 Å². The maximum atomic E-state index is 2.48. The molecule has 4 rings (SSSR count). The van der Waals surface area contributed by atoms with Crippen LogP contribution in [0.15, 0.2) is 59.7 Å². The van der Waals surface area contributed by atoms with Crippen LogP contribution in [-0.2, 0) is 12.8 Å². The standard InChI is InChI=1S/C27H32/c1-5-11-21-17-19-13-7-9-15-23(19)25(21)27(3,4)26-22(12-6-2)18-20-14-8-10-16-24(20)26/h7-10,13-16H,5-6,11-12,17-18H2,1-4H3. The van der Waals surface area contributed by atoms with Gasteiger partial charge in [-0.2, -0.15) is 0 Å². The zero-order chi connectivity index (χ0) is 19.0. The molecule has 2 aromatic rings. The normalized spacial score (nSPS) is 16.1. The number of benzene rings is 2. The molecular weight excluding hydrogens is 324 g/mol. The lowest BCUT2D eigenvalue weighted by Crippen LogP contribution is -2.17. The quantitative estimate of drug-likeness (QED) is 0.499. The van der Waals surface area contributed by atoms with E-state index in [0.29, 0.717) is 0 Å². The van der Waals surface area contributed by atoms with Crippen LogP contribution >= 0.6 is 0 Å². The van der Waals surface area contributed by atoms with Crippen molar-refractivity contribution in [3.63, 3.8) is 0 Å². The average molecular weight is 357 g/mol. The van der Waals surface area contributed by atoms with Crippen LogP contribution < -0.4 is 0 Å². The minimum absolute atomic E-state index is 0.0498. The Morgan fingerprint density at radius 1 is 0.667 bits per heavy atom. The maximum absolute atomic E-state index is 2.48. The van der Waals surface area contributed by atoms with Gasteiger partial charge in [0.1, 0.15) is 0 Å². The summed E-state index contributed by atoms with van der Waals surface area (Å²) in [6.07, 6.45) is 7.15. The van der Waals surface area contributed by atoms with Crippen molar-refractivity contribution in [3.8, 4) is 0 Å². The molecule has 0 saturated heterocycles. The Morgan fingerprint density at radius 2 is 1.07 bits per heavy atom. The van der Waals surface area contributed by atoms with Gasteiger partial charge in [-0.3, -0.25) is 0 Å². The lowest BCUT2D eigenvalue weighted by Gasteiger charge is -2.33. The van der Waals surface area contributed by atoms with Gasteiger partial charge in [0.2, 0.25) is 0 Å². The van der Waals surface area contributed by atoms with Crippen LogP contribution in [0.1, 0.15) is 75.6 Å². The molecule has 2 aromatic carbocycles. The summed E-state index contributed by atoms with van der Waals surface area (Å²) in [5.74, 6) is 0. The van der Waals surface area contributed by atoms with E-state index >= 15 is 0 Å². The topological polar surface area (TPSA) is 0 Å². The van der Waals surface area contributed by atoms with Crippen LogP contribution in [0, 0.1) is 5.41 Å². The molecule has 0 aliphatic heterocycles. The first kappa shape index (κ1) is 18.3. The van der Waals surface area contributed by atoms with Crippen molar-refractivity contribution in [1.29, 1.82) is 0 Å². The monoisotopic (exact) mass is 356 g/mol. The van der Waals surface area contributed by atoms with Gasteiger partial charge in [-0.25, -0.2) is 0 Å². The minimum atomic E-state index is 0.0498. The second-order valence-corrected chi connectivity index (χ2v) is 8.75. The first-order valence-corrected chi connectivity index (χ1v) is 10.7. The smallest absolute Gasteiger partial charge is 0.0157 e. The van der Waals surface area contributed by atoms with Crippen molar-refractivity contribution in [1.82, 2.24) is 0 Å². The van der Waals surface area contributed by atoms with Crippen LogP contribution in [0.2, 0.25) is 0 Å². The molecule has 0 heterocycles. The molecule has 0 nitrogen and oxygen atoms in total. The lowest BCUT2D eigenvalue weighted by molar-refractivity contribution is 0.659. The molecule has 27 heavy (non-hydrogen) atoms. The molecule has 0 heteroatoms. The Bertz CT molecular complexity index is 845.